The van der Waals surface area contributed by atoms with Crippen LogP contribution in [0.5, 0.6) is 0 Å². The third kappa shape index (κ3) is 1.53. The van der Waals surface area contributed by atoms with Crippen LogP contribution in [0, 0.1) is 0 Å². The maximum absolute atomic E-state index is 10.2. The summed E-state index contributed by atoms with van der Waals surface area (Å²) in [6, 6.07) is 2.99. The second-order valence-electron chi connectivity index (χ2n) is 1.11. The molecule has 44 valence electrons. The Bertz CT molecular complexity index is 178. The van der Waals surface area contributed by atoms with E-state index in [-0.39, 0.29) is 11.0 Å². The lowest BCUT2D eigenvalue weighted by molar-refractivity contribution is 0.824. The van der Waals surface area contributed by atoms with Gasteiger partial charge in [-0.25, -0.2) is 5.10 Å². The van der Waals surface area contributed by atoms with Gasteiger partial charge in [-0.3, -0.25) is 4.79 Å². The largest absolute Gasteiger partial charge is 0.412 e. The molecule has 0 aliphatic heterocycles. The average Bonchev–Trinajstić information content (AvgIpc) is 1.69. The van der Waals surface area contributed by atoms with E-state index >= 15 is 0 Å². The molecule has 1 heterocycles. The van der Waals surface area contributed by atoms with Gasteiger partial charge in [0.1, 0.15) is 0 Å². The lowest BCUT2D eigenvalue weighted by Crippen LogP contribution is -2.02. The quantitative estimate of drug-likeness (QED) is 0.467. The van der Waals surface area contributed by atoms with E-state index in [1.165, 1.54) is 12.3 Å². The summed E-state index contributed by atoms with van der Waals surface area (Å²) in [5.41, 5.74) is -0.164. The highest BCUT2D eigenvalue weighted by molar-refractivity contribution is 4.81. The smallest absolute Gasteiger partial charge is 0.264 e. The summed E-state index contributed by atoms with van der Waals surface area (Å²) in [6.07, 6.45) is 1.52. The van der Waals surface area contributed by atoms with Gasteiger partial charge < -0.3 is 5.48 Å². The Labute approximate surface area is 45.5 Å². The van der Waals surface area contributed by atoms with E-state index in [0.717, 1.165) is 0 Å². The fraction of sp³-hybridized carbons (Fsp3) is 0. The normalized spacial score (nSPS) is 7.50. The van der Waals surface area contributed by atoms with Gasteiger partial charge in [0.2, 0.25) is 0 Å². The van der Waals surface area contributed by atoms with Crippen LogP contribution in [0.25, 0.3) is 0 Å². The molecule has 8 heavy (non-hydrogen) atoms. The van der Waals surface area contributed by atoms with Crippen LogP contribution in [0.3, 0.4) is 0 Å². The van der Waals surface area contributed by atoms with Crippen LogP contribution in [-0.2, 0) is 0 Å². The van der Waals surface area contributed by atoms with Crippen LogP contribution >= 0.6 is 0 Å². The number of hydrogen-bond acceptors (Lipinski definition) is 2. The third-order valence-electron chi connectivity index (χ3n) is 0.583. The van der Waals surface area contributed by atoms with Crippen molar-refractivity contribution in [2.75, 3.05) is 0 Å². The van der Waals surface area contributed by atoms with Crippen LogP contribution in [0.2, 0.25) is 0 Å². The lowest BCUT2D eigenvalue weighted by Gasteiger charge is -1.72. The molecule has 0 aliphatic rings. The van der Waals surface area contributed by atoms with Crippen molar-refractivity contribution in [2.24, 2.45) is 0 Å². The zero-order valence-electron chi connectivity index (χ0n) is 4.09. The van der Waals surface area contributed by atoms with E-state index in [2.05, 4.69) is 10.2 Å². The summed E-state index contributed by atoms with van der Waals surface area (Å²) in [5, 5.41) is 5.67. The van der Waals surface area contributed by atoms with E-state index in [1.807, 2.05) is 0 Å². The van der Waals surface area contributed by atoms with Gasteiger partial charge in [0, 0.05) is 12.3 Å². The van der Waals surface area contributed by atoms with Gasteiger partial charge in [0.25, 0.3) is 5.56 Å². The van der Waals surface area contributed by atoms with Crippen molar-refractivity contribution < 1.29 is 5.48 Å². The highest BCUT2D eigenvalue weighted by Crippen LogP contribution is 1.60. The molecule has 0 saturated heterocycles. The Balaban J connectivity index is 0.000000490. The minimum absolute atomic E-state index is 0. The second-order valence-corrected chi connectivity index (χ2v) is 1.11. The monoisotopic (exact) mass is 114 g/mol. The minimum Gasteiger partial charge on any atom is -0.412 e. The third-order valence-corrected chi connectivity index (χ3v) is 0.583. The topological polar surface area (TPSA) is 77.2 Å². The van der Waals surface area contributed by atoms with E-state index < -0.39 is 0 Å². The number of rotatable bonds is 0. The predicted molar refractivity (Wildman–Crippen MR) is 28.5 cm³/mol. The zero-order chi connectivity index (χ0) is 5.11. The molecule has 0 atom stereocenters. The molecular formula is C4H6N2O2. The van der Waals surface area contributed by atoms with Crippen LogP contribution in [0.1, 0.15) is 0 Å². The number of aromatic amines is 1. The van der Waals surface area contributed by atoms with Crippen molar-refractivity contribution >= 4 is 0 Å². The second kappa shape index (κ2) is 2.92. The molecule has 1 rings (SSSR count). The van der Waals surface area contributed by atoms with Crippen molar-refractivity contribution in [3.05, 3.63) is 28.7 Å². The molecule has 0 saturated carbocycles. The molecule has 4 nitrogen and oxygen atoms in total. The van der Waals surface area contributed by atoms with Crippen molar-refractivity contribution in [2.45, 2.75) is 0 Å². The number of H-pyrrole nitrogens is 1. The first-order valence-electron chi connectivity index (χ1n) is 1.89. The highest BCUT2D eigenvalue weighted by atomic mass is 16.1. The molecule has 0 spiro atoms. The van der Waals surface area contributed by atoms with Crippen molar-refractivity contribution in [1.82, 2.24) is 10.2 Å². The van der Waals surface area contributed by atoms with E-state index in [4.69, 9.17) is 0 Å². The Morgan fingerprint density at radius 2 is 2.38 bits per heavy atom. The molecule has 1 aromatic rings. The zero-order valence-corrected chi connectivity index (χ0v) is 4.09. The molecule has 0 radical (unpaired) electrons. The van der Waals surface area contributed by atoms with Gasteiger partial charge in [0.15, 0.2) is 0 Å². The van der Waals surface area contributed by atoms with E-state index in [0.29, 0.717) is 0 Å². The summed E-state index contributed by atoms with van der Waals surface area (Å²) in [4.78, 5) is 10.2. The van der Waals surface area contributed by atoms with Crippen LogP contribution in [-0.4, -0.2) is 15.7 Å². The molecule has 0 unspecified atom stereocenters. The predicted octanol–water partition coefficient (Wildman–Crippen LogP) is -1.05. The maximum Gasteiger partial charge on any atom is 0.264 e. The standard InChI is InChI=1S/C4H4N2O.H2O/c7-4-2-1-3-5-6-4;/h1-3H,(H,6,7);1H2. The van der Waals surface area contributed by atoms with Crippen LogP contribution in [0.15, 0.2) is 23.1 Å². The number of nitrogens with one attached hydrogen (secondary N) is 1. The summed E-state index contributed by atoms with van der Waals surface area (Å²) in [7, 11) is 0. The number of nitrogens with zero attached hydrogens (tertiary/aromatic N) is 1. The van der Waals surface area contributed by atoms with Gasteiger partial charge in [-0.2, -0.15) is 5.10 Å². The molecule has 0 fully saturated rings. The summed E-state index contributed by atoms with van der Waals surface area (Å²) in [6.45, 7) is 0. The Hall–Kier alpha value is -1.16. The molecule has 0 bridgehead atoms. The fourth-order valence-corrected chi connectivity index (χ4v) is 0.312. The number of aromatic nitrogens is 2. The molecule has 0 amide bonds. The first-order valence-corrected chi connectivity index (χ1v) is 1.89. The summed E-state index contributed by atoms with van der Waals surface area (Å²) >= 11 is 0. The molecule has 0 aromatic carbocycles. The average molecular weight is 114 g/mol. The molecule has 4 heteroatoms. The number of hydrogen-bond donors (Lipinski definition) is 1. The summed E-state index contributed by atoms with van der Waals surface area (Å²) in [5.74, 6) is 0. The van der Waals surface area contributed by atoms with Crippen LogP contribution in [0.4, 0.5) is 0 Å². The highest BCUT2D eigenvalue weighted by Gasteiger charge is 1.70. The van der Waals surface area contributed by atoms with Crippen molar-refractivity contribution in [3.63, 3.8) is 0 Å². The molecule has 1 aromatic heterocycles. The van der Waals surface area contributed by atoms with Crippen LogP contribution < -0.4 is 5.56 Å². The van der Waals surface area contributed by atoms with Gasteiger partial charge in [-0.15, -0.1) is 0 Å². The maximum atomic E-state index is 10.2. The van der Waals surface area contributed by atoms with Crippen molar-refractivity contribution in [3.8, 4) is 0 Å². The molecule has 3 N–H and O–H groups in total. The summed E-state index contributed by atoms with van der Waals surface area (Å²) < 4.78 is 0. The molecule has 0 aliphatic carbocycles. The van der Waals surface area contributed by atoms with E-state index in [9.17, 15) is 4.79 Å². The first kappa shape index (κ1) is 6.84. The van der Waals surface area contributed by atoms with Crippen molar-refractivity contribution in [1.29, 1.82) is 0 Å². The van der Waals surface area contributed by atoms with E-state index in [1.54, 1.807) is 6.07 Å². The SMILES string of the molecule is O.O=c1cccn[nH]1. The van der Waals surface area contributed by atoms with Gasteiger partial charge in [-0.1, -0.05) is 0 Å². The van der Waals surface area contributed by atoms with Gasteiger partial charge >= 0.3 is 0 Å². The van der Waals surface area contributed by atoms with Gasteiger partial charge in [-0.05, 0) is 6.07 Å². The lowest BCUT2D eigenvalue weighted by atomic mass is 10.6. The van der Waals surface area contributed by atoms with Gasteiger partial charge in [0.05, 0.1) is 0 Å². The Kier molecular flexibility index (Phi) is 2.50. The Morgan fingerprint density at radius 1 is 1.62 bits per heavy atom. The fourth-order valence-electron chi connectivity index (χ4n) is 0.312. The molecular weight excluding hydrogens is 108 g/mol. The first-order chi connectivity index (χ1) is 3.39. The minimum atomic E-state index is -0.164. The Morgan fingerprint density at radius 3 is 2.62 bits per heavy atom.